The minimum atomic E-state index is -0.0966. The average Bonchev–Trinajstić information content (AvgIpc) is 3.68. The lowest BCUT2D eigenvalue weighted by atomic mass is 9.90. The van der Waals surface area contributed by atoms with Crippen LogP contribution in [0.4, 0.5) is 0 Å². The van der Waals surface area contributed by atoms with Gasteiger partial charge in [-0.05, 0) is 113 Å². The Balaban J connectivity index is 1.12. The molecule has 2 heterocycles. The summed E-state index contributed by atoms with van der Waals surface area (Å²) in [7, 11) is 0. The predicted octanol–water partition coefficient (Wildman–Crippen LogP) is 8.18. The van der Waals surface area contributed by atoms with Gasteiger partial charge in [0.15, 0.2) is 0 Å². The Hall–Kier alpha value is -3.26. The van der Waals surface area contributed by atoms with Gasteiger partial charge >= 0.3 is 0 Å². The fraction of sp³-hybridized carbons (Fsp3) is 0.525. The number of rotatable bonds is 14. The highest BCUT2D eigenvalue weighted by Crippen LogP contribution is 2.44. The Morgan fingerprint density at radius 1 is 1.00 bits per heavy atom. The second-order valence-corrected chi connectivity index (χ2v) is 14.6. The first kappa shape index (κ1) is 34.6. The molecule has 3 aromatic carbocycles. The molecule has 0 unspecified atom stereocenters. The third kappa shape index (κ3) is 7.96. The molecule has 3 aromatic rings. The van der Waals surface area contributed by atoms with E-state index in [9.17, 15) is 4.79 Å². The monoisotopic (exact) mass is 673 g/mol. The van der Waals surface area contributed by atoms with E-state index in [1.54, 1.807) is 0 Å². The molecule has 1 amide bonds. The lowest BCUT2D eigenvalue weighted by Crippen LogP contribution is -2.47. The van der Waals surface area contributed by atoms with Gasteiger partial charge in [-0.2, -0.15) is 0 Å². The second kappa shape index (κ2) is 15.5. The number of halogens is 1. The van der Waals surface area contributed by atoms with E-state index in [1.165, 1.54) is 53.6 Å². The normalized spacial score (nSPS) is 20.4. The van der Waals surface area contributed by atoms with Crippen molar-refractivity contribution in [3.05, 3.63) is 75.8 Å². The highest BCUT2D eigenvalue weighted by atomic mass is 35.5. The molecule has 2 saturated heterocycles. The maximum absolute atomic E-state index is 11.6. The van der Waals surface area contributed by atoms with Gasteiger partial charge in [0.2, 0.25) is 5.91 Å². The van der Waals surface area contributed by atoms with E-state index in [1.807, 2.05) is 19.1 Å². The topological polar surface area (TPSA) is 72.1 Å². The van der Waals surface area contributed by atoms with Gasteiger partial charge in [0.05, 0.1) is 18.2 Å². The number of hydrogen-bond donors (Lipinski definition) is 2. The predicted molar refractivity (Wildman–Crippen MR) is 193 cm³/mol. The van der Waals surface area contributed by atoms with Crippen molar-refractivity contribution in [1.82, 2.24) is 15.5 Å². The highest BCUT2D eigenvalue weighted by Gasteiger charge is 2.30. The maximum Gasteiger partial charge on any atom is 0.220 e. The molecule has 1 aliphatic carbocycles. The van der Waals surface area contributed by atoms with Crippen LogP contribution in [0.3, 0.4) is 0 Å². The molecule has 258 valence electrons. The molecule has 0 radical (unpaired) electrons. The van der Waals surface area contributed by atoms with E-state index in [-0.39, 0.29) is 23.6 Å². The molecular weight excluding hydrogens is 622 g/mol. The minimum absolute atomic E-state index is 0.0966. The highest BCUT2D eigenvalue weighted by molar-refractivity contribution is 6.32. The van der Waals surface area contributed by atoms with Crippen LogP contribution in [0.1, 0.15) is 94.1 Å². The van der Waals surface area contributed by atoms with Crippen LogP contribution in [-0.4, -0.2) is 55.2 Å². The summed E-state index contributed by atoms with van der Waals surface area (Å²) in [5.41, 5.74) is 7.44. The standard InChI is InChI=1S/C40H52ClN3O4/c1-5-46-37-24-38(34(41)23-28(37)25-42-26-29-15-18-39(45)43-29)48-36-17-16-32-31(12-8-13-33(32)36)30-11-9-14-35(27(30)2)47-22-10-21-44-20-7-6-19-40(44,3)4/h8-9,11-14,23-24,29,36,42H,5-7,10,15-22,25-26H2,1-4H3,(H,43,45)/t29-,36-/m0/s1. The second-order valence-electron chi connectivity index (χ2n) is 14.2. The van der Waals surface area contributed by atoms with Gasteiger partial charge in [0.1, 0.15) is 23.4 Å². The number of nitrogens with zero attached hydrogens (tertiary/aromatic N) is 1. The van der Waals surface area contributed by atoms with Gasteiger partial charge < -0.3 is 24.8 Å². The molecule has 2 fully saturated rings. The Morgan fingerprint density at radius 2 is 1.83 bits per heavy atom. The van der Waals surface area contributed by atoms with Gasteiger partial charge in [-0.1, -0.05) is 48.4 Å². The summed E-state index contributed by atoms with van der Waals surface area (Å²) < 4.78 is 19.0. The summed E-state index contributed by atoms with van der Waals surface area (Å²) in [5.74, 6) is 2.48. The van der Waals surface area contributed by atoms with Crippen molar-refractivity contribution in [2.24, 2.45) is 0 Å². The number of likely N-dealkylation sites (tertiary alicyclic amines) is 1. The first-order valence-corrected chi connectivity index (χ1v) is 18.3. The van der Waals surface area contributed by atoms with Gasteiger partial charge in [-0.15, -0.1) is 0 Å². The van der Waals surface area contributed by atoms with Gasteiger partial charge in [0, 0.05) is 49.3 Å². The first-order valence-electron chi connectivity index (χ1n) is 17.9. The van der Waals surface area contributed by atoms with Crippen LogP contribution in [0.15, 0.2) is 48.5 Å². The number of carbonyl (C=O) groups excluding carboxylic acids is 1. The SMILES string of the molecule is CCOc1cc(O[C@H]2CCc3c(-c4cccc(OCCCN5CCCCC5(C)C)c4C)cccc32)c(Cl)cc1CNC[C@@H]1CCC(=O)N1. The lowest BCUT2D eigenvalue weighted by molar-refractivity contribution is -0.119. The molecule has 7 nitrogen and oxygen atoms in total. The number of carbonyl (C=O) groups is 1. The summed E-state index contributed by atoms with van der Waals surface area (Å²) in [6, 6.07) is 17.0. The van der Waals surface area contributed by atoms with Crippen LogP contribution in [0.2, 0.25) is 5.02 Å². The van der Waals surface area contributed by atoms with Crippen LogP contribution in [-0.2, 0) is 17.8 Å². The van der Waals surface area contributed by atoms with Crippen LogP contribution in [0, 0.1) is 6.92 Å². The molecule has 0 aromatic heterocycles. The summed E-state index contributed by atoms with van der Waals surface area (Å²) >= 11 is 6.83. The number of amides is 1. The van der Waals surface area contributed by atoms with Crippen LogP contribution in [0.25, 0.3) is 11.1 Å². The smallest absolute Gasteiger partial charge is 0.220 e. The number of piperidine rings is 1. The zero-order valence-electron chi connectivity index (χ0n) is 29.1. The van der Waals surface area contributed by atoms with E-state index >= 15 is 0 Å². The third-order valence-corrected chi connectivity index (χ3v) is 10.7. The number of nitrogens with one attached hydrogen (secondary N) is 2. The van der Waals surface area contributed by atoms with Crippen molar-refractivity contribution in [2.45, 2.75) is 103 Å². The van der Waals surface area contributed by atoms with Gasteiger partial charge in [-0.25, -0.2) is 0 Å². The first-order chi connectivity index (χ1) is 23.2. The molecule has 0 bridgehead atoms. The molecule has 2 N–H and O–H groups in total. The summed E-state index contributed by atoms with van der Waals surface area (Å²) in [4.78, 5) is 14.2. The molecule has 0 saturated carbocycles. The van der Waals surface area contributed by atoms with E-state index in [0.29, 0.717) is 36.9 Å². The van der Waals surface area contributed by atoms with Crippen LogP contribution < -0.4 is 24.8 Å². The largest absolute Gasteiger partial charge is 0.493 e. The molecule has 3 aliphatic rings. The van der Waals surface area contributed by atoms with Crippen molar-refractivity contribution in [2.75, 3.05) is 32.8 Å². The maximum atomic E-state index is 11.6. The number of benzene rings is 3. The van der Waals surface area contributed by atoms with Crippen LogP contribution >= 0.6 is 11.6 Å². The summed E-state index contributed by atoms with van der Waals surface area (Å²) in [6.07, 6.45) is 8.11. The van der Waals surface area contributed by atoms with E-state index < -0.39 is 0 Å². The van der Waals surface area contributed by atoms with Gasteiger partial charge in [0.25, 0.3) is 0 Å². The summed E-state index contributed by atoms with van der Waals surface area (Å²) in [5, 5.41) is 7.02. The minimum Gasteiger partial charge on any atom is -0.493 e. The van der Waals surface area contributed by atoms with E-state index in [4.69, 9.17) is 25.8 Å². The fourth-order valence-corrected chi connectivity index (χ4v) is 7.92. The summed E-state index contributed by atoms with van der Waals surface area (Å²) in [6.45, 7) is 13.7. The van der Waals surface area contributed by atoms with Crippen LogP contribution in [0.5, 0.6) is 17.2 Å². The average molecular weight is 674 g/mol. The van der Waals surface area contributed by atoms with E-state index in [0.717, 1.165) is 55.9 Å². The lowest BCUT2D eigenvalue weighted by Gasteiger charge is -2.42. The number of fused-ring (bicyclic) bond motifs is 1. The van der Waals surface area contributed by atoms with Crippen molar-refractivity contribution in [1.29, 1.82) is 0 Å². The number of ether oxygens (including phenoxy) is 3. The third-order valence-electron chi connectivity index (χ3n) is 10.4. The Labute approximate surface area is 291 Å². The van der Waals surface area contributed by atoms with Crippen molar-refractivity contribution in [3.8, 4) is 28.4 Å². The zero-order chi connectivity index (χ0) is 33.7. The zero-order valence-corrected chi connectivity index (χ0v) is 29.9. The van der Waals surface area contributed by atoms with Crippen molar-refractivity contribution < 1.29 is 19.0 Å². The Morgan fingerprint density at radius 3 is 2.62 bits per heavy atom. The van der Waals surface area contributed by atoms with Crippen molar-refractivity contribution >= 4 is 17.5 Å². The Bertz CT molecular complexity index is 1590. The molecule has 6 rings (SSSR count). The molecule has 2 aliphatic heterocycles. The van der Waals surface area contributed by atoms with E-state index in [2.05, 4.69) is 72.7 Å². The quantitative estimate of drug-likeness (QED) is 0.168. The Kier molecular flexibility index (Phi) is 11.2. The number of hydrogen-bond acceptors (Lipinski definition) is 6. The molecule has 8 heteroatoms. The van der Waals surface area contributed by atoms with Crippen molar-refractivity contribution in [3.63, 3.8) is 0 Å². The molecule has 48 heavy (non-hydrogen) atoms. The molecule has 0 spiro atoms. The van der Waals surface area contributed by atoms with Gasteiger partial charge in [-0.3, -0.25) is 9.69 Å². The molecule has 2 atom stereocenters. The fourth-order valence-electron chi connectivity index (χ4n) is 7.69. The molecular formula is C40H52ClN3O4.